The molecule has 2 fully saturated rings. The van der Waals surface area contributed by atoms with E-state index in [0.29, 0.717) is 5.75 Å². The van der Waals surface area contributed by atoms with E-state index >= 15 is 0 Å². The molecule has 1 unspecified atom stereocenters. The summed E-state index contributed by atoms with van der Waals surface area (Å²) in [5, 5.41) is 20.5. The molecule has 2 N–H and O–H groups in total. The van der Waals surface area contributed by atoms with Crippen LogP contribution in [0.1, 0.15) is 31.2 Å². The summed E-state index contributed by atoms with van der Waals surface area (Å²) in [5.74, 6) is 0.317. The van der Waals surface area contributed by atoms with Gasteiger partial charge in [-0.2, -0.15) is 0 Å². The van der Waals surface area contributed by atoms with Crippen LogP contribution in [-0.4, -0.2) is 58.3 Å². The summed E-state index contributed by atoms with van der Waals surface area (Å²) in [6, 6.07) is 7.43. The van der Waals surface area contributed by atoms with Crippen molar-refractivity contribution < 1.29 is 10.2 Å². The quantitative estimate of drug-likeness (QED) is 0.888. The van der Waals surface area contributed by atoms with Crippen molar-refractivity contribution in [3.05, 3.63) is 29.8 Å². The van der Waals surface area contributed by atoms with Gasteiger partial charge in [-0.25, -0.2) is 0 Å². The van der Waals surface area contributed by atoms with Crippen LogP contribution in [0.5, 0.6) is 5.75 Å². The molecule has 2 saturated heterocycles. The monoisotopic (exact) mass is 290 g/mol. The van der Waals surface area contributed by atoms with Gasteiger partial charge in [-0.15, -0.1) is 0 Å². The SMILES string of the molecule is Oc1cccc(CN2CCCC(O)(CN3CCCC3)C2)c1. The van der Waals surface area contributed by atoms with Gasteiger partial charge >= 0.3 is 0 Å². The zero-order chi connectivity index (χ0) is 14.7. The Balaban J connectivity index is 1.59. The van der Waals surface area contributed by atoms with E-state index in [-0.39, 0.29) is 0 Å². The van der Waals surface area contributed by atoms with Crippen LogP contribution in [0.25, 0.3) is 0 Å². The number of aromatic hydroxyl groups is 1. The average Bonchev–Trinajstić information content (AvgIpc) is 2.91. The molecule has 4 heteroatoms. The van der Waals surface area contributed by atoms with Crippen LogP contribution in [0.15, 0.2) is 24.3 Å². The summed E-state index contributed by atoms with van der Waals surface area (Å²) in [6.07, 6.45) is 4.48. The van der Waals surface area contributed by atoms with Crippen LogP contribution in [0.4, 0.5) is 0 Å². The van der Waals surface area contributed by atoms with Crippen LogP contribution in [0.2, 0.25) is 0 Å². The zero-order valence-electron chi connectivity index (χ0n) is 12.7. The molecule has 1 aromatic rings. The number of hydrogen-bond donors (Lipinski definition) is 2. The lowest BCUT2D eigenvalue weighted by molar-refractivity contribution is -0.0519. The molecule has 0 aromatic heterocycles. The molecule has 21 heavy (non-hydrogen) atoms. The van der Waals surface area contributed by atoms with Gasteiger partial charge in [-0.05, 0) is 63.0 Å². The Morgan fingerprint density at radius 3 is 2.57 bits per heavy atom. The molecule has 0 bridgehead atoms. The molecule has 0 aliphatic carbocycles. The van der Waals surface area contributed by atoms with E-state index in [0.717, 1.165) is 57.7 Å². The normalized spacial score (nSPS) is 28.0. The molecule has 0 spiro atoms. The Bertz CT molecular complexity index is 474. The number of benzene rings is 1. The van der Waals surface area contributed by atoms with Gasteiger partial charge in [0.05, 0.1) is 5.60 Å². The minimum Gasteiger partial charge on any atom is -0.508 e. The van der Waals surface area contributed by atoms with E-state index in [4.69, 9.17) is 0 Å². The second-order valence-corrected chi connectivity index (χ2v) is 6.69. The highest BCUT2D eigenvalue weighted by molar-refractivity contribution is 5.27. The fourth-order valence-corrected chi connectivity index (χ4v) is 3.74. The number of β-amino-alcohol motifs (C(OH)–C–C–N with tert-alkyl or cyclic N) is 1. The Morgan fingerprint density at radius 1 is 1.05 bits per heavy atom. The zero-order valence-corrected chi connectivity index (χ0v) is 12.7. The van der Waals surface area contributed by atoms with Crippen molar-refractivity contribution in [3.8, 4) is 5.75 Å². The minimum atomic E-state index is -0.570. The van der Waals surface area contributed by atoms with Gasteiger partial charge in [0.15, 0.2) is 0 Å². The first kappa shape index (κ1) is 14.8. The van der Waals surface area contributed by atoms with Crippen molar-refractivity contribution in [1.29, 1.82) is 0 Å². The second-order valence-electron chi connectivity index (χ2n) is 6.69. The smallest absolute Gasteiger partial charge is 0.115 e. The Kier molecular flexibility index (Phi) is 4.48. The van der Waals surface area contributed by atoms with E-state index in [1.165, 1.54) is 12.8 Å². The van der Waals surface area contributed by atoms with Crippen LogP contribution in [0, 0.1) is 0 Å². The van der Waals surface area contributed by atoms with Crippen molar-refractivity contribution in [1.82, 2.24) is 9.80 Å². The van der Waals surface area contributed by atoms with Crippen molar-refractivity contribution in [2.45, 2.75) is 37.8 Å². The Hall–Kier alpha value is -1.10. The maximum absolute atomic E-state index is 10.9. The van der Waals surface area contributed by atoms with E-state index < -0.39 is 5.60 Å². The minimum absolute atomic E-state index is 0.317. The summed E-state index contributed by atoms with van der Waals surface area (Å²) in [6.45, 7) is 5.64. The van der Waals surface area contributed by atoms with E-state index in [1.54, 1.807) is 6.07 Å². The first-order valence-corrected chi connectivity index (χ1v) is 8.08. The molecular formula is C17H26N2O2. The third kappa shape index (κ3) is 3.96. The number of phenols is 1. The van der Waals surface area contributed by atoms with Gasteiger partial charge in [-0.1, -0.05) is 12.1 Å². The second kappa shape index (κ2) is 6.34. The predicted molar refractivity (Wildman–Crippen MR) is 83.2 cm³/mol. The van der Waals surface area contributed by atoms with Gasteiger partial charge in [-0.3, -0.25) is 4.90 Å². The molecule has 2 aliphatic heterocycles. The third-order valence-electron chi connectivity index (χ3n) is 4.67. The van der Waals surface area contributed by atoms with E-state index in [1.807, 2.05) is 18.2 Å². The lowest BCUT2D eigenvalue weighted by Crippen LogP contribution is -2.53. The number of phenolic OH excluding ortho intramolecular Hbond substituents is 1. The summed E-state index contributed by atoms with van der Waals surface area (Å²) in [5.41, 5.74) is 0.541. The summed E-state index contributed by atoms with van der Waals surface area (Å²) in [4.78, 5) is 4.71. The van der Waals surface area contributed by atoms with E-state index in [9.17, 15) is 10.2 Å². The van der Waals surface area contributed by atoms with Gasteiger partial charge in [0.1, 0.15) is 5.75 Å². The molecule has 2 heterocycles. The summed E-state index contributed by atoms with van der Waals surface area (Å²) >= 11 is 0. The van der Waals surface area contributed by atoms with E-state index in [2.05, 4.69) is 9.80 Å². The number of piperidine rings is 1. The van der Waals surface area contributed by atoms with Crippen molar-refractivity contribution in [2.24, 2.45) is 0 Å². The maximum Gasteiger partial charge on any atom is 0.115 e. The van der Waals surface area contributed by atoms with Gasteiger partial charge in [0.25, 0.3) is 0 Å². The summed E-state index contributed by atoms with van der Waals surface area (Å²) < 4.78 is 0. The van der Waals surface area contributed by atoms with Gasteiger partial charge in [0, 0.05) is 19.6 Å². The molecule has 0 radical (unpaired) electrons. The van der Waals surface area contributed by atoms with Crippen LogP contribution in [0.3, 0.4) is 0 Å². The Morgan fingerprint density at radius 2 is 1.81 bits per heavy atom. The molecular weight excluding hydrogens is 264 g/mol. The lowest BCUT2D eigenvalue weighted by atomic mass is 9.92. The number of aliphatic hydroxyl groups is 1. The fourth-order valence-electron chi connectivity index (χ4n) is 3.74. The van der Waals surface area contributed by atoms with Gasteiger partial charge < -0.3 is 15.1 Å². The molecule has 2 aliphatic rings. The number of nitrogens with zero attached hydrogens (tertiary/aromatic N) is 2. The standard InChI is InChI=1S/C17H26N2O2/c20-16-6-3-5-15(11-16)12-19-10-4-7-17(21,14-19)13-18-8-1-2-9-18/h3,5-6,11,20-21H,1-2,4,7-10,12-14H2. The summed E-state index contributed by atoms with van der Waals surface area (Å²) in [7, 11) is 0. The highest BCUT2D eigenvalue weighted by Gasteiger charge is 2.35. The molecule has 3 rings (SSSR count). The lowest BCUT2D eigenvalue weighted by Gasteiger charge is -2.41. The van der Waals surface area contributed by atoms with Crippen molar-refractivity contribution >= 4 is 0 Å². The largest absolute Gasteiger partial charge is 0.508 e. The third-order valence-corrected chi connectivity index (χ3v) is 4.67. The highest BCUT2D eigenvalue weighted by atomic mass is 16.3. The van der Waals surface area contributed by atoms with Gasteiger partial charge in [0.2, 0.25) is 0 Å². The first-order valence-electron chi connectivity index (χ1n) is 8.08. The Labute approximate surface area is 127 Å². The molecule has 116 valence electrons. The van der Waals surface area contributed by atoms with Crippen LogP contribution >= 0.6 is 0 Å². The molecule has 0 amide bonds. The number of rotatable bonds is 4. The topological polar surface area (TPSA) is 46.9 Å². The maximum atomic E-state index is 10.9. The van der Waals surface area contributed by atoms with Crippen LogP contribution < -0.4 is 0 Å². The van der Waals surface area contributed by atoms with Crippen molar-refractivity contribution in [3.63, 3.8) is 0 Å². The van der Waals surface area contributed by atoms with Crippen LogP contribution in [-0.2, 0) is 6.54 Å². The molecule has 0 saturated carbocycles. The molecule has 4 nitrogen and oxygen atoms in total. The highest BCUT2D eigenvalue weighted by Crippen LogP contribution is 2.25. The molecule has 1 atom stereocenters. The number of likely N-dealkylation sites (tertiary alicyclic amines) is 2. The average molecular weight is 290 g/mol. The fraction of sp³-hybridized carbons (Fsp3) is 0.647. The first-order chi connectivity index (χ1) is 10.1. The molecule has 1 aromatic carbocycles. The number of hydrogen-bond acceptors (Lipinski definition) is 4. The van der Waals surface area contributed by atoms with Crippen molar-refractivity contribution in [2.75, 3.05) is 32.7 Å². The predicted octanol–water partition coefficient (Wildman–Crippen LogP) is 1.81.